The maximum atomic E-state index is 13.2. The van der Waals surface area contributed by atoms with Gasteiger partial charge in [0.05, 0.1) is 10.6 Å². The highest BCUT2D eigenvalue weighted by atomic mass is 32.2. The first-order valence-electron chi connectivity index (χ1n) is 7.92. The molecule has 1 aromatic heterocycles. The van der Waals surface area contributed by atoms with Gasteiger partial charge < -0.3 is 10.6 Å². The van der Waals surface area contributed by atoms with Crippen LogP contribution in [0.3, 0.4) is 0 Å². The smallest absolute Gasteiger partial charge is 0.341 e. The Hall–Kier alpha value is -2.14. The molecule has 2 saturated heterocycles. The third-order valence-corrected chi connectivity index (χ3v) is 4.99. The van der Waals surface area contributed by atoms with Gasteiger partial charge in [-0.2, -0.15) is 13.2 Å². The molecule has 0 spiro atoms. The first-order chi connectivity index (χ1) is 12.3. The number of aromatic nitrogens is 2. The van der Waals surface area contributed by atoms with Crippen LogP contribution in [0.25, 0.3) is 6.08 Å². The van der Waals surface area contributed by atoms with E-state index in [1.165, 1.54) is 0 Å². The number of hydrogen-bond donors (Lipinski definition) is 2. The van der Waals surface area contributed by atoms with Gasteiger partial charge in [-0.15, -0.1) is 0 Å². The second-order valence-corrected chi connectivity index (χ2v) is 7.01. The topological polar surface area (TPSA) is 101 Å². The summed E-state index contributed by atoms with van der Waals surface area (Å²) in [5, 5.41) is 1.48. The summed E-state index contributed by atoms with van der Waals surface area (Å²) in [6.07, 6.45) is -1.99. The van der Waals surface area contributed by atoms with Crippen molar-refractivity contribution in [3.8, 4) is 0 Å². The molecule has 2 aliphatic rings. The molecule has 0 radical (unpaired) electrons. The zero-order chi connectivity index (χ0) is 18.9. The molecular formula is C15H16F3N5O2S. The number of nitrogens with one attached hydrogen (secondary N) is 1. The van der Waals surface area contributed by atoms with Gasteiger partial charge in [0, 0.05) is 13.1 Å². The fraction of sp³-hybridized carbons (Fsp3) is 0.467. The van der Waals surface area contributed by atoms with Gasteiger partial charge in [-0.3, -0.25) is 14.9 Å². The van der Waals surface area contributed by atoms with E-state index in [0.717, 1.165) is 25.0 Å². The highest BCUT2D eigenvalue weighted by Gasteiger charge is 2.35. The van der Waals surface area contributed by atoms with Crippen molar-refractivity contribution in [2.24, 2.45) is 11.7 Å². The van der Waals surface area contributed by atoms with Crippen molar-refractivity contribution < 1.29 is 22.8 Å². The monoisotopic (exact) mass is 387 g/mol. The summed E-state index contributed by atoms with van der Waals surface area (Å²) in [6, 6.07) is 0.764. The third kappa shape index (κ3) is 4.15. The fourth-order valence-electron chi connectivity index (χ4n) is 2.74. The summed E-state index contributed by atoms with van der Waals surface area (Å²) in [5.74, 6) is -0.363. The third-order valence-electron chi connectivity index (χ3n) is 4.18. The predicted octanol–water partition coefficient (Wildman–Crippen LogP) is 1.99. The Labute approximate surface area is 151 Å². The van der Waals surface area contributed by atoms with E-state index in [1.54, 1.807) is 4.90 Å². The van der Waals surface area contributed by atoms with Crippen molar-refractivity contribution in [3.63, 3.8) is 0 Å². The van der Waals surface area contributed by atoms with Crippen LogP contribution in [0.5, 0.6) is 0 Å². The number of nitrogens with zero attached hydrogens (tertiary/aromatic N) is 3. The molecule has 3 rings (SSSR count). The minimum atomic E-state index is -4.65. The zero-order valence-electron chi connectivity index (χ0n) is 13.5. The van der Waals surface area contributed by atoms with Crippen molar-refractivity contribution in [1.82, 2.24) is 15.3 Å². The molecule has 11 heteroatoms. The van der Waals surface area contributed by atoms with Crippen LogP contribution in [0.15, 0.2) is 11.0 Å². The van der Waals surface area contributed by atoms with Crippen LogP contribution in [-0.2, 0) is 11.0 Å². The van der Waals surface area contributed by atoms with E-state index in [2.05, 4.69) is 15.3 Å². The average molecular weight is 387 g/mol. The quantitative estimate of drug-likeness (QED) is 0.765. The Kier molecular flexibility index (Phi) is 5.19. The Morgan fingerprint density at radius 2 is 2.00 bits per heavy atom. The second-order valence-electron chi connectivity index (χ2n) is 5.99. The van der Waals surface area contributed by atoms with E-state index in [0.29, 0.717) is 37.3 Å². The van der Waals surface area contributed by atoms with E-state index in [9.17, 15) is 22.8 Å². The van der Waals surface area contributed by atoms with E-state index >= 15 is 0 Å². The second kappa shape index (κ2) is 7.23. The van der Waals surface area contributed by atoms with Crippen LogP contribution < -0.4 is 16.0 Å². The van der Waals surface area contributed by atoms with E-state index in [4.69, 9.17) is 5.73 Å². The molecule has 2 fully saturated rings. The SMILES string of the molecule is NCC1CCN(c2nc(/C=C3/SC(=O)NC3=O)cc(C(F)(F)F)n2)CC1. The molecule has 0 bridgehead atoms. The molecule has 140 valence electrons. The molecule has 3 N–H and O–H groups in total. The number of alkyl halides is 3. The number of thioether (sulfide) groups is 1. The molecule has 0 atom stereocenters. The molecule has 1 aromatic rings. The van der Waals surface area contributed by atoms with Crippen molar-refractivity contribution >= 4 is 34.9 Å². The van der Waals surface area contributed by atoms with Gasteiger partial charge in [0.15, 0.2) is 5.69 Å². The van der Waals surface area contributed by atoms with Gasteiger partial charge in [0.1, 0.15) is 0 Å². The molecular weight excluding hydrogens is 371 g/mol. The van der Waals surface area contributed by atoms with Gasteiger partial charge in [0.25, 0.3) is 11.1 Å². The molecule has 0 saturated carbocycles. The molecule has 0 unspecified atom stereocenters. The zero-order valence-corrected chi connectivity index (χ0v) is 14.4. The van der Waals surface area contributed by atoms with Crippen LogP contribution >= 0.6 is 11.8 Å². The normalized spacial score (nSPS) is 20.8. The number of halogens is 3. The number of hydrogen-bond acceptors (Lipinski definition) is 7. The number of carbonyl (C=O) groups is 2. The van der Waals surface area contributed by atoms with Crippen molar-refractivity contribution in [1.29, 1.82) is 0 Å². The summed E-state index contributed by atoms with van der Waals surface area (Å²) in [4.78, 5) is 32.3. The minimum absolute atomic E-state index is 0.00499. The van der Waals surface area contributed by atoms with Crippen LogP contribution in [0.4, 0.5) is 23.9 Å². The molecule has 0 aromatic carbocycles. The van der Waals surface area contributed by atoms with Gasteiger partial charge in [0.2, 0.25) is 5.95 Å². The summed E-state index contributed by atoms with van der Waals surface area (Å²) in [7, 11) is 0. The van der Waals surface area contributed by atoms with E-state index in [-0.39, 0.29) is 16.5 Å². The van der Waals surface area contributed by atoms with Gasteiger partial charge >= 0.3 is 6.18 Å². The van der Waals surface area contributed by atoms with Gasteiger partial charge in [-0.1, -0.05) is 0 Å². The minimum Gasteiger partial charge on any atom is -0.341 e. The molecule has 2 amide bonds. The average Bonchev–Trinajstić information content (AvgIpc) is 2.91. The predicted molar refractivity (Wildman–Crippen MR) is 90.1 cm³/mol. The molecule has 0 aliphatic carbocycles. The van der Waals surface area contributed by atoms with Crippen LogP contribution in [-0.4, -0.2) is 40.7 Å². The lowest BCUT2D eigenvalue weighted by Gasteiger charge is -2.31. The lowest BCUT2D eigenvalue weighted by atomic mass is 9.97. The largest absolute Gasteiger partial charge is 0.433 e. The Morgan fingerprint density at radius 3 is 2.54 bits per heavy atom. The summed E-state index contributed by atoms with van der Waals surface area (Å²) in [6.45, 7) is 1.55. The number of nitrogens with two attached hydrogens (primary N) is 1. The molecule has 26 heavy (non-hydrogen) atoms. The summed E-state index contributed by atoms with van der Waals surface area (Å²) >= 11 is 0.619. The van der Waals surface area contributed by atoms with Crippen LogP contribution in [0.2, 0.25) is 0 Å². The van der Waals surface area contributed by atoms with Gasteiger partial charge in [-0.25, -0.2) is 9.97 Å². The number of rotatable bonds is 3. The summed E-state index contributed by atoms with van der Waals surface area (Å²) in [5.41, 5.74) is 4.47. The maximum Gasteiger partial charge on any atom is 0.433 e. The van der Waals surface area contributed by atoms with Gasteiger partial charge in [-0.05, 0) is 49.2 Å². The van der Waals surface area contributed by atoms with E-state index < -0.39 is 23.0 Å². The Balaban J connectivity index is 1.94. The number of anilines is 1. The molecule has 7 nitrogen and oxygen atoms in total. The Morgan fingerprint density at radius 1 is 1.31 bits per heavy atom. The number of carbonyl (C=O) groups excluding carboxylic acids is 2. The first kappa shape index (κ1) is 18.6. The van der Waals surface area contributed by atoms with Crippen LogP contribution in [0.1, 0.15) is 24.2 Å². The first-order valence-corrected chi connectivity index (χ1v) is 8.74. The van der Waals surface area contributed by atoms with Crippen molar-refractivity contribution in [2.75, 3.05) is 24.5 Å². The number of amides is 2. The number of piperidine rings is 1. The highest BCUT2D eigenvalue weighted by molar-refractivity contribution is 8.18. The molecule has 3 heterocycles. The number of imide groups is 1. The fourth-order valence-corrected chi connectivity index (χ4v) is 3.40. The standard InChI is InChI=1S/C15H16F3N5O2S/c16-15(17,18)11-6-9(5-10-12(24)22-14(25)26-10)20-13(21-11)23-3-1-8(7-19)2-4-23/h5-6,8H,1-4,7,19H2,(H,22,24,25)/b10-5+. The van der Waals surface area contributed by atoms with E-state index in [1.807, 2.05) is 0 Å². The van der Waals surface area contributed by atoms with Crippen molar-refractivity contribution in [3.05, 3.63) is 22.4 Å². The Bertz CT molecular complexity index is 760. The lowest BCUT2D eigenvalue weighted by molar-refractivity contribution is -0.141. The molecule has 2 aliphatic heterocycles. The lowest BCUT2D eigenvalue weighted by Crippen LogP contribution is -2.37. The highest BCUT2D eigenvalue weighted by Crippen LogP contribution is 2.32. The maximum absolute atomic E-state index is 13.2. The summed E-state index contributed by atoms with van der Waals surface area (Å²) < 4.78 is 39.6. The van der Waals surface area contributed by atoms with Crippen molar-refractivity contribution in [2.45, 2.75) is 19.0 Å². The van der Waals surface area contributed by atoms with Crippen LogP contribution in [0, 0.1) is 5.92 Å².